The van der Waals surface area contributed by atoms with E-state index in [9.17, 15) is 4.79 Å². The van der Waals surface area contributed by atoms with Gasteiger partial charge in [0, 0.05) is 18.7 Å². The molecule has 0 saturated carbocycles. The Kier molecular flexibility index (Phi) is 6.22. The zero-order chi connectivity index (χ0) is 17.0. The smallest absolute Gasteiger partial charge is 0.222 e. The lowest BCUT2D eigenvalue weighted by Crippen LogP contribution is -2.48. The molecular formula is C18H31N3O2. The highest BCUT2D eigenvalue weighted by Crippen LogP contribution is 2.21. The summed E-state index contributed by atoms with van der Waals surface area (Å²) in [6.45, 7) is 11.3. The molecule has 0 aliphatic carbocycles. The van der Waals surface area contributed by atoms with Gasteiger partial charge in [0.05, 0.1) is 23.9 Å². The van der Waals surface area contributed by atoms with Gasteiger partial charge in [-0.15, -0.1) is 0 Å². The second kappa shape index (κ2) is 7.95. The molecule has 0 spiro atoms. The van der Waals surface area contributed by atoms with Crippen LogP contribution in [-0.4, -0.2) is 34.4 Å². The Bertz CT molecular complexity index is 524. The van der Waals surface area contributed by atoms with Crippen LogP contribution >= 0.6 is 0 Å². The predicted molar refractivity (Wildman–Crippen MR) is 91.4 cm³/mol. The van der Waals surface area contributed by atoms with Gasteiger partial charge in [-0.2, -0.15) is 5.10 Å². The summed E-state index contributed by atoms with van der Waals surface area (Å²) in [6.07, 6.45) is 3.63. The molecule has 0 aromatic carbocycles. The molecule has 1 aromatic rings. The minimum atomic E-state index is 0.0664. The van der Waals surface area contributed by atoms with Gasteiger partial charge >= 0.3 is 0 Å². The molecule has 23 heavy (non-hydrogen) atoms. The molecule has 0 bridgehead atoms. The maximum Gasteiger partial charge on any atom is 0.222 e. The predicted octanol–water partition coefficient (Wildman–Crippen LogP) is 3.16. The molecule has 130 valence electrons. The lowest BCUT2D eigenvalue weighted by atomic mass is 9.94. The average molecular weight is 321 g/mol. The zero-order valence-electron chi connectivity index (χ0n) is 15.1. The van der Waals surface area contributed by atoms with Crippen molar-refractivity contribution < 1.29 is 9.53 Å². The fourth-order valence-electron chi connectivity index (χ4n) is 3.41. The van der Waals surface area contributed by atoms with Crippen molar-refractivity contribution in [3.05, 3.63) is 17.5 Å². The van der Waals surface area contributed by atoms with Gasteiger partial charge in [0.15, 0.2) is 0 Å². The highest BCUT2D eigenvalue weighted by atomic mass is 16.5. The number of ether oxygens (including phenoxy) is 1. The van der Waals surface area contributed by atoms with E-state index in [-0.39, 0.29) is 24.1 Å². The van der Waals surface area contributed by atoms with Crippen LogP contribution in [0.15, 0.2) is 6.07 Å². The highest BCUT2D eigenvalue weighted by Gasteiger charge is 2.28. The minimum absolute atomic E-state index is 0.0664. The first-order valence-corrected chi connectivity index (χ1v) is 8.80. The van der Waals surface area contributed by atoms with Crippen LogP contribution in [0.4, 0.5) is 0 Å². The van der Waals surface area contributed by atoms with E-state index in [1.807, 2.05) is 31.5 Å². The van der Waals surface area contributed by atoms with E-state index in [1.54, 1.807) is 0 Å². The van der Waals surface area contributed by atoms with Crippen LogP contribution in [0.5, 0.6) is 0 Å². The maximum atomic E-state index is 12.4. The number of aromatic nitrogens is 2. The SMILES string of the molecule is Cc1cc(C)n(C(C)CC(=O)NC2CCCOC2CC(C)C)n1. The fourth-order valence-corrected chi connectivity index (χ4v) is 3.41. The van der Waals surface area contributed by atoms with Crippen LogP contribution < -0.4 is 5.32 Å². The molecule has 1 fully saturated rings. The van der Waals surface area contributed by atoms with Crippen LogP contribution in [0.2, 0.25) is 0 Å². The largest absolute Gasteiger partial charge is 0.376 e. The summed E-state index contributed by atoms with van der Waals surface area (Å²) >= 11 is 0. The van der Waals surface area contributed by atoms with Crippen LogP contribution in [0.1, 0.15) is 63.9 Å². The number of hydrogen-bond donors (Lipinski definition) is 1. The molecule has 1 saturated heterocycles. The lowest BCUT2D eigenvalue weighted by Gasteiger charge is -2.33. The van der Waals surface area contributed by atoms with Gasteiger partial charge in [0.25, 0.3) is 0 Å². The van der Waals surface area contributed by atoms with Crippen LogP contribution in [0, 0.1) is 19.8 Å². The fraction of sp³-hybridized carbons (Fsp3) is 0.778. The lowest BCUT2D eigenvalue weighted by molar-refractivity contribution is -0.125. The molecule has 5 heteroatoms. The van der Waals surface area contributed by atoms with Crippen molar-refractivity contribution in [3.8, 4) is 0 Å². The molecule has 1 aliphatic rings. The van der Waals surface area contributed by atoms with Gasteiger partial charge in [-0.3, -0.25) is 9.48 Å². The number of hydrogen-bond acceptors (Lipinski definition) is 3. The summed E-state index contributed by atoms with van der Waals surface area (Å²) in [5.41, 5.74) is 2.09. The van der Waals surface area contributed by atoms with Crippen molar-refractivity contribution in [3.63, 3.8) is 0 Å². The first kappa shape index (κ1) is 18.0. The molecule has 3 unspecified atom stereocenters. The van der Waals surface area contributed by atoms with Gasteiger partial charge in [0.2, 0.25) is 5.91 Å². The van der Waals surface area contributed by atoms with E-state index in [0.29, 0.717) is 12.3 Å². The third kappa shape index (κ3) is 5.06. The van der Waals surface area contributed by atoms with Crippen molar-refractivity contribution in [2.45, 2.75) is 78.5 Å². The monoisotopic (exact) mass is 321 g/mol. The summed E-state index contributed by atoms with van der Waals surface area (Å²) < 4.78 is 7.82. The molecule has 5 nitrogen and oxygen atoms in total. The topological polar surface area (TPSA) is 56.2 Å². The van der Waals surface area contributed by atoms with Crippen LogP contribution in [-0.2, 0) is 9.53 Å². The van der Waals surface area contributed by atoms with Crippen molar-refractivity contribution in [2.75, 3.05) is 6.61 Å². The van der Waals surface area contributed by atoms with E-state index in [4.69, 9.17) is 4.74 Å². The van der Waals surface area contributed by atoms with Crippen LogP contribution in [0.3, 0.4) is 0 Å². The molecule has 1 N–H and O–H groups in total. The Labute approximate surface area is 139 Å². The molecule has 2 rings (SSSR count). The van der Waals surface area contributed by atoms with Gasteiger partial charge < -0.3 is 10.1 Å². The number of carbonyl (C=O) groups is 1. The van der Waals surface area contributed by atoms with Crippen molar-refractivity contribution in [2.24, 2.45) is 5.92 Å². The van der Waals surface area contributed by atoms with Crippen LogP contribution in [0.25, 0.3) is 0 Å². The number of nitrogens with zero attached hydrogens (tertiary/aromatic N) is 2. The van der Waals surface area contributed by atoms with Crippen molar-refractivity contribution >= 4 is 5.91 Å². The Morgan fingerprint density at radius 1 is 1.43 bits per heavy atom. The molecule has 2 heterocycles. The number of nitrogens with one attached hydrogen (secondary N) is 1. The zero-order valence-corrected chi connectivity index (χ0v) is 15.1. The summed E-state index contributed by atoms with van der Waals surface area (Å²) in [5.74, 6) is 0.667. The summed E-state index contributed by atoms with van der Waals surface area (Å²) in [4.78, 5) is 12.4. The van der Waals surface area contributed by atoms with E-state index < -0.39 is 0 Å². The van der Waals surface area contributed by atoms with Gasteiger partial charge in [-0.05, 0) is 52.0 Å². The second-order valence-electron chi connectivity index (χ2n) is 7.28. The Balaban J connectivity index is 1.91. The van der Waals surface area contributed by atoms with Gasteiger partial charge in [0.1, 0.15) is 0 Å². The first-order chi connectivity index (χ1) is 10.9. The molecule has 0 radical (unpaired) electrons. The first-order valence-electron chi connectivity index (χ1n) is 8.80. The molecule has 1 aromatic heterocycles. The quantitative estimate of drug-likeness (QED) is 0.875. The second-order valence-corrected chi connectivity index (χ2v) is 7.28. The molecule has 1 amide bonds. The summed E-state index contributed by atoms with van der Waals surface area (Å²) in [6, 6.07) is 2.25. The number of aryl methyl sites for hydroxylation is 2. The Hall–Kier alpha value is -1.36. The third-order valence-corrected chi connectivity index (χ3v) is 4.43. The molecule has 3 atom stereocenters. The van der Waals surface area contributed by atoms with Crippen molar-refractivity contribution in [1.29, 1.82) is 0 Å². The van der Waals surface area contributed by atoms with Gasteiger partial charge in [-0.1, -0.05) is 13.8 Å². The number of rotatable bonds is 6. The summed E-state index contributed by atoms with van der Waals surface area (Å²) in [5, 5.41) is 7.67. The maximum absolute atomic E-state index is 12.4. The summed E-state index contributed by atoms with van der Waals surface area (Å²) in [7, 11) is 0. The van der Waals surface area contributed by atoms with E-state index >= 15 is 0 Å². The highest BCUT2D eigenvalue weighted by molar-refractivity contribution is 5.76. The normalized spacial score (nSPS) is 23.0. The van der Waals surface area contributed by atoms with E-state index in [0.717, 1.165) is 37.3 Å². The van der Waals surface area contributed by atoms with E-state index in [2.05, 4.69) is 24.3 Å². The third-order valence-electron chi connectivity index (χ3n) is 4.43. The molecule has 1 aliphatic heterocycles. The van der Waals surface area contributed by atoms with Crippen molar-refractivity contribution in [1.82, 2.24) is 15.1 Å². The molecular weight excluding hydrogens is 290 g/mol. The Morgan fingerprint density at radius 3 is 2.78 bits per heavy atom. The number of amides is 1. The average Bonchev–Trinajstić information content (AvgIpc) is 2.79. The standard InChI is InChI=1S/C18H31N3O2/c1-12(2)9-17-16(7-6-8-23-17)19-18(22)11-15(5)21-14(4)10-13(3)20-21/h10,12,15-17H,6-9,11H2,1-5H3,(H,19,22). The minimum Gasteiger partial charge on any atom is -0.376 e. The number of carbonyl (C=O) groups excluding carboxylic acids is 1. The Morgan fingerprint density at radius 2 is 2.17 bits per heavy atom. The van der Waals surface area contributed by atoms with E-state index in [1.165, 1.54) is 0 Å². The van der Waals surface area contributed by atoms with Gasteiger partial charge in [-0.25, -0.2) is 0 Å².